The van der Waals surface area contributed by atoms with E-state index in [0.29, 0.717) is 23.7 Å². The number of sulfonamides is 1. The molecule has 35 heavy (non-hydrogen) atoms. The van der Waals surface area contributed by atoms with Crippen molar-refractivity contribution in [2.45, 2.75) is 65.6 Å². The van der Waals surface area contributed by atoms with Gasteiger partial charge in [0.15, 0.2) is 0 Å². The predicted octanol–water partition coefficient (Wildman–Crippen LogP) is 4.53. The standard InChI is InChI=1S/C26H36ClN3O4S/c1-6-20(3)28-26(32)21(4)29(18-22-11-9-19(2)10-12-22)25(31)8-7-17-30(35(5,33)34)24-15-13-23(27)14-16-24/h9-16,20-21H,6-8,17-18H2,1-5H3,(H,28,32)/t20-,21-/m1/s1. The summed E-state index contributed by atoms with van der Waals surface area (Å²) in [7, 11) is -3.55. The van der Waals surface area contributed by atoms with Crippen LogP contribution in [0.3, 0.4) is 0 Å². The number of hydrogen-bond donors (Lipinski definition) is 1. The number of benzene rings is 2. The minimum Gasteiger partial charge on any atom is -0.352 e. The average molecular weight is 522 g/mol. The van der Waals surface area contributed by atoms with Crippen molar-refractivity contribution < 1.29 is 18.0 Å². The van der Waals surface area contributed by atoms with Gasteiger partial charge in [-0.25, -0.2) is 8.42 Å². The molecule has 7 nitrogen and oxygen atoms in total. The second-order valence-electron chi connectivity index (χ2n) is 8.92. The normalized spacial score (nSPS) is 13.1. The van der Waals surface area contributed by atoms with E-state index in [-0.39, 0.29) is 30.8 Å². The van der Waals surface area contributed by atoms with E-state index in [2.05, 4.69) is 5.32 Å². The number of amides is 2. The van der Waals surface area contributed by atoms with Crippen LogP contribution in [-0.4, -0.2) is 50.0 Å². The molecule has 0 radical (unpaired) electrons. The SMILES string of the molecule is CC[C@@H](C)NC(=O)[C@@H](C)N(Cc1ccc(C)cc1)C(=O)CCCN(c1ccc(Cl)cc1)S(C)(=O)=O. The molecule has 2 amide bonds. The van der Waals surface area contributed by atoms with Crippen LogP contribution in [-0.2, 0) is 26.2 Å². The number of rotatable bonds is 12. The number of nitrogens with one attached hydrogen (secondary N) is 1. The molecule has 0 aliphatic rings. The van der Waals surface area contributed by atoms with Crippen LogP contribution < -0.4 is 9.62 Å². The topological polar surface area (TPSA) is 86.8 Å². The molecule has 2 aromatic carbocycles. The summed E-state index contributed by atoms with van der Waals surface area (Å²) in [5.41, 5.74) is 2.52. The van der Waals surface area contributed by atoms with Gasteiger partial charge in [0.2, 0.25) is 21.8 Å². The molecule has 0 aromatic heterocycles. The van der Waals surface area contributed by atoms with E-state index in [1.165, 1.54) is 4.31 Å². The van der Waals surface area contributed by atoms with Crippen LogP contribution in [0.1, 0.15) is 51.2 Å². The summed E-state index contributed by atoms with van der Waals surface area (Å²) < 4.78 is 26.0. The second-order valence-corrected chi connectivity index (χ2v) is 11.3. The molecule has 1 N–H and O–H groups in total. The van der Waals surface area contributed by atoms with E-state index in [0.717, 1.165) is 23.8 Å². The molecule has 0 aliphatic carbocycles. The minimum absolute atomic E-state index is 0.00368. The van der Waals surface area contributed by atoms with E-state index >= 15 is 0 Å². The summed E-state index contributed by atoms with van der Waals surface area (Å²) in [6.45, 7) is 8.05. The van der Waals surface area contributed by atoms with Crippen molar-refractivity contribution in [2.24, 2.45) is 0 Å². The second kappa shape index (κ2) is 12.9. The Morgan fingerprint density at radius 3 is 2.17 bits per heavy atom. The molecule has 192 valence electrons. The van der Waals surface area contributed by atoms with Gasteiger partial charge in [0.25, 0.3) is 0 Å². The zero-order chi connectivity index (χ0) is 26.2. The Bertz CT molecular complexity index is 1090. The van der Waals surface area contributed by atoms with Crippen molar-refractivity contribution in [1.29, 1.82) is 0 Å². The summed E-state index contributed by atoms with van der Waals surface area (Å²) in [5, 5.41) is 3.46. The monoisotopic (exact) mass is 521 g/mol. The van der Waals surface area contributed by atoms with Crippen LogP contribution in [0.4, 0.5) is 5.69 Å². The highest BCUT2D eigenvalue weighted by atomic mass is 35.5. The third-order valence-corrected chi connectivity index (χ3v) is 7.35. The lowest BCUT2D eigenvalue weighted by Gasteiger charge is -2.30. The number of aryl methyl sites for hydroxylation is 1. The van der Waals surface area contributed by atoms with Crippen LogP contribution in [0.5, 0.6) is 0 Å². The lowest BCUT2D eigenvalue weighted by molar-refractivity contribution is -0.140. The van der Waals surface area contributed by atoms with Crippen molar-refractivity contribution in [1.82, 2.24) is 10.2 Å². The number of nitrogens with zero attached hydrogens (tertiary/aromatic N) is 2. The maximum Gasteiger partial charge on any atom is 0.242 e. The lowest BCUT2D eigenvalue weighted by atomic mass is 10.1. The Kier molecular flexibility index (Phi) is 10.6. The minimum atomic E-state index is -3.55. The highest BCUT2D eigenvalue weighted by molar-refractivity contribution is 7.92. The molecular formula is C26H36ClN3O4S. The number of carbonyl (C=O) groups is 2. The molecule has 0 fully saturated rings. The van der Waals surface area contributed by atoms with Gasteiger partial charge in [-0.2, -0.15) is 0 Å². The van der Waals surface area contributed by atoms with Gasteiger partial charge < -0.3 is 10.2 Å². The largest absolute Gasteiger partial charge is 0.352 e. The van der Waals surface area contributed by atoms with Crippen LogP contribution in [0, 0.1) is 6.92 Å². The summed E-state index contributed by atoms with van der Waals surface area (Å²) in [6, 6.07) is 13.7. The molecule has 2 atom stereocenters. The van der Waals surface area contributed by atoms with Gasteiger partial charge in [0.05, 0.1) is 11.9 Å². The number of anilines is 1. The maximum absolute atomic E-state index is 13.3. The Morgan fingerprint density at radius 2 is 1.63 bits per heavy atom. The summed E-state index contributed by atoms with van der Waals surface area (Å²) in [4.78, 5) is 27.7. The van der Waals surface area contributed by atoms with Crippen molar-refractivity contribution >= 4 is 39.1 Å². The first-order chi connectivity index (χ1) is 16.4. The van der Waals surface area contributed by atoms with E-state index in [1.54, 1.807) is 36.1 Å². The van der Waals surface area contributed by atoms with Crippen LogP contribution in [0.15, 0.2) is 48.5 Å². The molecular weight excluding hydrogens is 486 g/mol. The zero-order valence-corrected chi connectivity index (χ0v) is 22.7. The van der Waals surface area contributed by atoms with E-state index in [1.807, 2.05) is 45.0 Å². The zero-order valence-electron chi connectivity index (χ0n) is 21.1. The summed E-state index contributed by atoms with van der Waals surface area (Å²) >= 11 is 5.93. The number of halogens is 1. The quantitative estimate of drug-likeness (QED) is 0.444. The highest BCUT2D eigenvalue weighted by Gasteiger charge is 2.27. The van der Waals surface area contributed by atoms with Gasteiger partial charge in [-0.3, -0.25) is 13.9 Å². The van der Waals surface area contributed by atoms with Crippen molar-refractivity contribution in [2.75, 3.05) is 17.1 Å². The fraction of sp³-hybridized carbons (Fsp3) is 0.462. The molecule has 9 heteroatoms. The Labute approximate surface area is 214 Å². The fourth-order valence-electron chi connectivity index (χ4n) is 3.55. The maximum atomic E-state index is 13.3. The van der Waals surface area contributed by atoms with Crippen LogP contribution >= 0.6 is 11.6 Å². The Morgan fingerprint density at radius 1 is 1.03 bits per heavy atom. The van der Waals surface area contributed by atoms with Crippen molar-refractivity contribution in [3.8, 4) is 0 Å². The fourth-order valence-corrected chi connectivity index (χ4v) is 4.64. The molecule has 2 rings (SSSR count). The Balaban J connectivity index is 2.15. The molecule has 0 saturated heterocycles. The first-order valence-corrected chi connectivity index (χ1v) is 14.0. The van der Waals surface area contributed by atoms with E-state index in [4.69, 9.17) is 11.6 Å². The van der Waals surface area contributed by atoms with Gasteiger partial charge in [0, 0.05) is 30.6 Å². The lowest BCUT2D eigenvalue weighted by Crippen LogP contribution is -2.49. The smallest absolute Gasteiger partial charge is 0.242 e. The third-order valence-electron chi connectivity index (χ3n) is 5.91. The summed E-state index contributed by atoms with van der Waals surface area (Å²) in [5.74, 6) is -0.416. The molecule has 0 unspecified atom stereocenters. The molecule has 0 bridgehead atoms. The van der Waals surface area contributed by atoms with Gasteiger partial charge in [0.1, 0.15) is 6.04 Å². The van der Waals surface area contributed by atoms with Crippen LogP contribution in [0.25, 0.3) is 0 Å². The molecule has 2 aromatic rings. The van der Waals surface area contributed by atoms with E-state index in [9.17, 15) is 18.0 Å². The van der Waals surface area contributed by atoms with Crippen molar-refractivity contribution in [3.63, 3.8) is 0 Å². The first-order valence-electron chi connectivity index (χ1n) is 11.8. The highest BCUT2D eigenvalue weighted by Crippen LogP contribution is 2.21. The molecule has 0 saturated carbocycles. The average Bonchev–Trinajstić information content (AvgIpc) is 2.80. The van der Waals surface area contributed by atoms with Crippen molar-refractivity contribution in [3.05, 3.63) is 64.7 Å². The molecule has 0 aliphatic heterocycles. The number of hydrogen-bond acceptors (Lipinski definition) is 4. The molecule has 0 spiro atoms. The van der Waals surface area contributed by atoms with E-state index < -0.39 is 16.1 Å². The number of carbonyl (C=O) groups excluding carboxylic acids is 2. The predicted molar refractivity (Wildman–Crippen MR) is 142 cm³/mol. The van der Waals surface area contributed by atoms with Gasteiger partial charge in [-0.1, -0.05) is 48.4 Å². The van der Waals surface area contributed by atoms with Crippen LogP contribution in [0.2, 0.25) is 5.02 Å². The third kappa shape index (κ3) is 8.85. The Hall–Kier alpha value is -2.58. The molecule has 0 heterocycles. The first kappa shape index (κ1) is 28.7. The summed E-state index contributed by atoms with van der Waals surface area (Å²) in [6.07, 6.45) is 2.33. The van der Waals surface area contributed by atoms with Gasteiger partial charge in [-0.15, -0.1) is 0 Å². The van der Waals surface area contributed by atoms with Gasteiger partial charge >= 0.3 is 0 Å². The van der Waals surface area contributed by atoms with Gasteiger partial charge in [-0.05, 0) is 63.4 Å².